The van der Waals surface area contributed by atoms with E-state index in [1.54, 1.807) is 0 Å². The molecule has 3 saturated carbocycles. The number of imidazole rings is 1. The minimum atomic E-state index is -0.774. The molecule has 2 aromatic heterocycles. The van der Waals surface area contributed by atoms with Gasteiger partial charge in [-0.15, -0.1) is 0 Å². The number of hydrogen-bond acceptors (Lipinski definition) is 8. The van der Waals surface area contributed by atoms with Crippen LogP contribution in [0.4, 0.5) is 5.82 Å². The van der Waals surface area contributed by atoms with Crippen molar-refractivity contribution in [3.8, 4) is 0 Å². The molecule has 2 unspecified atom stereocenters. The summed E-state index contributed by atoms with van der Waals surface area (Å²) in [5.41, 5.74) is 3.44. The van der Waals surface area contributed by atoms with Crippen molar-refractivity contribution in [2.75, 3.05) is 11.9 Å². The molecule has 1 saturated heterocycles. The van der Waals surface area contributed by atoms with E-state index in [9.17, 15) is 4.79 Å². The summed E-state index contributed by atoms with van der Waals surface area (Å²) in [4.78, 5) is 27.4. The third kappa shape index (κ3) is 3.62. The molecule has 0 amide bonds. The van der Waals surface area contributed by atoms with Gasteiger partial charge in [0.15, 0.2) is 26.6 Å². The molecule has 0 spiro atoms. The summed E-state index contributed by atoms with van der Waals surface area (Å²) >= 11 is 2.16. The number of anilines is 1. The van der Waals surface area contributed by atoms with Gasteiger partial charge in [-0.2, -0.15) is 0 Å². The average Bonchev–Trinajstić information content (AvgIpc) is 3.66. The van der Waals surface area contributed by atoms with E-state index in [4.69, 9.17) is 29.2 Å². The standard InChI is InChI=1S/C27H30IN5O4/c1-5-35-24(34)27-11-16(27)19(20-21(27)37-26(3,4)36-20)33-12-29-18-22(31-25(28)32-23(18)33)30-17-10-15(17)14-8-6-7-13(2)9-14/h6-9,12,15-17,19-21H,5,10-11H2,1-4H3,(H,30,31,32)/t15?,16-,17?,19-,20-,21-,27+/m1/s1. The van der Waals surface area contributed by atoms with Gasteiger partial charge in [-0.05, 0) is 46.1 Å². The smallest absolute Gasteiger partial charge is 0.315 e. The van der Waals surface area contributed by atoms with Crippen molar-refractivity contribution in [1.29, 1.82) is 0 Å². The number of carbonyl (C=O) groups excluding carboxylic acids is 1. The largest absolute Gasteiger partial charge is 0.465 e. The molecule has 3 heterocycles. The number of rotatable bonds is 6. The molecule has 0 radical (unpaired) electrons. The number of ether oxygens (including phenoxy) is 3. The van der Waals surface area contributed by atoms with Crippen LogP contribution in [0.2, 0.25) is 0 Å². The summed E-state index contributed by atoms with van der Waals surface area (Å²) in [6.07, 6.45) is 2.96. The number of carbonyl (C=O) groups is 1. The summed E-state index contributed by atoms with van der Waals surface area (Å²) in [6.45, 7) is 8.11. The second kappa shape index (κ2) is 8.09. The summed E-state index contributed by atoms with van der Waals surface area (Å²) in [6, 6.07) is 8.88. The highest BCUT2D eigenvalue weighted by molar-refractivity contribution is 14.1. The van der Waals surface area contributed by atoms with Crippen LogP contribution in [0.3, 0.4) is 0 Å². The zero-order valence-electron chi connectivity index (χ0n) is 21.3. The molecule has 4 aliphatic rings. The molecule has 4 fully saturated rings. The number of aromatic nitrogens is 4. The van der Waals surface area contributed by atoms with E-state index >= 15 is 0 Å². The van der Waals surface area contributed by atoms with Gasteiger partial charge < -0.3 is 24.1 Å². The second-order valence-corrected chi connectivity index (χ2v) is 12.2. The van der Waals surface area contributed by atoms with Crippen molar-refractivity contribution in [3.05, 3.63) is 45.6 Å². The normalized spacial score (nSPS) is 34.7. The van der Waals surface area contributed by atoms with Crippen molar-refractivity contribution in [2.24, 2.45) is 11.3 Å². The first-order valence-corrected chi connectivity index (χ1v) is 14.1. The van der Waals surface area contributed by atoms with Crippen molar-refractivity contribution >= 4 is 45.5 Å². The summed E-state index contributed by atoms with van der Waals surface area (Å²) in [5.74, 6) is 0.297. The molecule has 1 aliphatic heterocycles. The fraction of sp³-hybridized carbons (Fsp3) is 0.556. The van der Waals surface area contributed by atoms with Crippen molar-refractivity contribution in [2.45, 2.75) is 76.5 Å². The van der Waals surface area contributed by atoms with E-state index in [1.165, 1.54) is 11.1 Å². The fourth-order valence-electron chi connectivity index (χ4n) is 6.70. The highest BCUT2D eigenvalue weighted by atomic mass is 127. The average molecular weight is 615 g/mol. The predicted octanol–water partition coefficient (Wildman–Crippen LogP) is 4.35. The van der Waals surface area contributed by atoms with Crippen LogP contribution in [0, 0.1) is 22.1 Å². The topological polar surface area (TPSA) is 100 Å². The maximum Gasteiger partial charge on any atom is 0.315 e. The van der Waals surface area contributed by atoms with E-state index in [0.717, 1.165) is 23.4 Å². The Hall–Kier alpha value is -2.31. The highest BCUT2D eigenvalue weighted by Crippen LogP contribution is 2.72. The lowest BCUT2D eigenvalue weighted by Crippen LogP contribution is -2.36. The molecule has 194 valence electrons. The Morgan fingerprint density at radius 3 is 2.92 bits per heavy atom. The number of fused-ring (bicyclic) bond motifs is 4. The first-order chi connectivity index (χ1) is 17.7. The van der Waals surface area contributed by atoms with E-state index in [-0.39, 0.29) is 30.1 Å². The van der Waals surface area contributed by atoms with Gasteiger partial charge in [0, 0.05) is 40.5 Å². The zero-order chi connectivity index (χ0) is 25.7. The molecule has 9 nitrogen and oxygen atoms in total. The Morgan fingerprint density at radius 2 is 2.14 bits per heavy atom. The molecule has 1 aromatic carbocycles. The van der Waals surface area contributed by atoms with Crippen LogP contribution in [0.5, 0.6) is 0 Å². The lowest BCUT2D eigenvalue weighted by atomic mass is 9.99. The van der Waals surface area contributed by atoms with Crippen molar-refractivity contribution < 1.29 is 19.0 Å². The quantitative estimate of drug-likeness (QED) is 0.248. The van der Waals surface area contributed by atoms with Crippen LogP contribution in [0.25, 0.3) is 11.2 Å². The van der Waals surface area contributed by atoms with Gasteiger partial charge in [-0.25, -0.2) is 15.0 Å². The number of halogens is 1. The Bertz CT molecular complexity index is 1430. The first-order valence-electron chi connectivity index (χ1n) is 13.0. The van der Waals surface area contributed by atoms with Gasteiger partial charge in [-0.3, -0.25) is 4.79 Å². The van der Waals surface area contributed by atoms with Crippen molar-refractivity contribution in [1.82, 2.24) is 19.5 Å². The number of nitrogens with one attached hydrogen (secondary N) is 1. The van der Waals surface area contributed by atoms with Gasteiger partial charge in [0.25, 0.3) is 0 Å². The predicted molar refractivity (Wildman–Crippen MR) is 144 cm³/mol. The number of hydrogen-bond donors (Lipinski definition) is 1. The van der Waals surface area contributed by atoms with Gasteiger partial charge in [0.05, 0.1) is 19.0 Å². The lowest BCUT2D eigenvalue weighted by Gasteiger charge is -2.24. The molecule has 7 atom stereocenters. The molecule has 1 N–H and O–H groups in total. The molecule has 7 rings (SSSR count). The number of esters is 1. The Labute approximate surface area is 228 Å². The number of aryl methyl sites for hydroxylation is 1. The SMILES string of the molecule is CCOC(=O)[C@@]12C[C@@H]1[C@@H](n1cnc3c(NC4CC4c4cccc(C)c4)nc(I)nc31)[C@H]1OC(C)(C)O[C@H]12. The minimum absolute atomic E-state index is 0.0493. The third-order valence-electron chi connectivity index (χ3n) is 8.40. The van der Waals surface area contributed by atoms with Crippen LogP contribution >= 0.6 is 22.6 Å². The van der Waals surface area contributed by atoms with Crippen LogP contribution < -0.4 is 5.32 Å². The Balaban J connectivity index is 1.22. The second-order valence-electron chi connectivity index (χ2n) is 11.3. The summed E-state index contributed by atoms with van der Waals surface area (Å²) in [7, 11) is 0. The van der Waals surface area contributed by atoms with E-state index in [0.29, 0.717) is 28.8 Å². The molecule has 3 aliphatic carbocycles. The number of nitrogens with zero attached hydrogens (tertiary/aromatic N) is 4. The third-order valence-corrected chi connectivity index (χ3v) is 8.88. The molecule has 37 heavy (non-hydrogen) atoms. The van der Waals surface area contributed by atoms with Crippen LogP contribution in [0.15, 0.2) is 30.6 Å². The lowest BCUT2D eigenvalue weighted by molar-refractivity contribution is -0.172. The molecular formula is C27H30IN5O4. The Kier molecular flexibility index (Phi) is 5.20. The van der Waals surface area contributed by atoms with Crippen LogP contribution in [-0.2, 0) is 19.0 Å². The van der Waals surface area contributed by atoms with Gasteiger partial charge in [-0.1, -0.05) is 29.8 Å². The monoisotopic (exact) mass is 615 g/mol. The molecule has 3 aromatic rings. The fourth-order valence-corrected chi connectivity index (χ4v) is 7.17. The van der Waals surface area contributed by atoms with E-state index < -0.39 is 11.2 Å². The molecule has 0 bridgehead atoms. The van der Waals surface area contributed by atoms with Crippen LogP contribution in [-0.4, -0.2) is 56.1 Å². The molecular weight excluding hydrogens is 585 g/mol. The summed E-state index contributed by atoms with van der Waals surface area (Å²) in [5, 5.41) is 3.63. The zero-order valence-corrected chi connectivity index (χ0v) is 23.4. The number of benzene rings is 1. The maximum absolute atomic E-state index is 13.1. The first kappa shape index (κ1) is 23.8. The summed E-state index contributed by atoms with van der Waals surface area (Å²) < 4.78 is 20.9. The molecule has 10 heteroatoms. The van der Waals surface area contributed by atoms with E-state index in [1.807, 2.05) is 27.1 Å². The van der Waals surface area contributed by atoms with Gasteiger partial charge in [0.1, 0.15) is 17.6 Å². The minimum Gasteiger partial charge on any atom is -0.465 e. The highest BCUT2D eigenvalue weighted by Gasteiger charge is 2.80. The van der Waals surface area contributed by atoms with Crippen molar-refractivity contribution in [3.63, 3.8) is 0 Å². The van der Waals surface area contributed by atoms with E-state index in [2.05, 4.69) is 63.7 Å². The maximum atomic E-state index is 13.1. The van der Waals surface area contributed by atoms with Crippen LogP contribution in [0.1, 0.15) is 56.7 Å². The van der Waals surface area contributed by atoms with Gasteiger partial charge >= 0.3 is 5.97 Å². The van der Waals surface area contributed by atoms with Gasteiger partial charge in [0.2, 0.25) is 0 Å². The Morgan fingerprint density at radius 1 is 1.30 bits per heavy atom.